The fraction of sp³-hybridized carbons (Fsp3) is 0.176. The first-order valence-electron chi connectivity index (χ1n) is 7.00. The van der Waals surface area contributed by atoms with Gasteiger partial charge >= 0.3 is 0 Å². The molecule has 0 radical (unpaired) electrons. The monoisotopic (exact) mass is 366 g/mol. The molecule has 1 unspecified atom stereocenters. The zero-order valence-corrected chi connectivity index (χ0v) is 14.8. The van der Waals surface area contributed by atoms with Crippen LogP contribution in [0.15, 0.2) is 53.6 Å². The first kappa shape index (κ1) is 17.9. The topological polar surface area (TPSA) is 41.5 Å². The van der Waals surface area contributed by atoms with Gasteiger partial charge in [-0.1, -0.05) is 59.6 Å². The summed E-state index contributed by atoms with van der Waals surface area (Å²) in [6, 6.07) is 15.2. The van der Waals surface area contributed by atoms with Crippen molar-refractivity contribution in [3.05, 3.63) is 69.7 Å². The van der Waals surface area contributed by atoms with Crippen molar-refractivity contribution >= 4 is 47.1 Å². The molecule has 2 aromatic rings. The molecule has 1 atom stereocenters. The van der Waals surface area contributed by atoms with Crippen molar-refractivity contribution in [1.82, 2.24) is 5.43 Å². The Morgan fingerprint density at radius 3 is 2.48 bits per heavy atom. The molecule has 23 heavy (non-hydrogen) atoms. The molecule has 0 bridgehead atoms. The Balaban J connectivity index is 1.85. The molecular weight excluding hydrogens is 351 g/mol. The van der Waals surface area contributed by atoms with Gasteiger partial charge in [-0.05, 0) is 24.6 Å². The van der Waals surface area contributed by atoms with Crippen LogP contribution < -0.4 is 5.43 Å². The van der Waals surface area contributed by atoms with Crippen LogP contribution in [-0.4, -0.2) is 17.4 Å². The van der Waals surface area contributed by atoms with E-state index in [9.17, 15) is 4.79 Å². The number of thioether (sulfide) groups is 1. The molecule has 0 spiro atoms. The molecule has 0 saturated heterocycles. The van der Waals surface area contributed by atoms with Gasteiger partial charge in [-0.3, -0.25) is 4.79 Å². The van der Waals surface area contributed by atoms with Gasteiger partial charge < -0.3 is 0 Å². The third kappa shape index (κ3) is 5.57. The molecule has 0 aliphatic heterocycles. The standard InChI is InChI=1S/C17H16Cl2N2OS/c1-12(23-11-13-6-3-2-4-7-13)17(22)21-20-10-14-15(18)8-5-9-16(14)19/h2-10,12H,11H2,1H3,(H,21,22). The van der Waals surface area contributed by atoms with Gasteiger partial charge in [-0.25, -0.2) is 5.43 Å². The van der Waals surface area contributed by atoms with Crippen molar-refractivity contribution in [2.45, 2.75) is 17.9 Å². The van der Waals surface area contributed by atoms with Crippen molar-refractivity contribution in [2.75, 3.05) is 0 Å². The molecule has 0 heterocycles. The predicted octanol–water partition coefficient (Wildman–Crippen LogP) is 4.77. The van der Waals surface area contributed by atoms with Crippen LogP contribution in [0, 0.1) is 0 Å². The van der Waals surface area contributed by atoms with Crippen LogP contribution in [0.25, 0.3) is 0 Å². The van der Waals surface area contributed by atoms with Crippen molar-refractivity contribution in [1.29, 1.82) is 0 Å². The van der Waals surface area contributed by atoms with E-state index in [1.54, 1.807) is 30.0 Å². The summed E-state index contributed by atoms with van der Waals surface area (Å²) in [5.41, 5.74) is 4.28. The second kappa shape index (κ2) is 8.96. The Morgan fingerprint density at radius 2 is 1.83 bits per heavy atom. The number of hydrogen-bond donors (Lipinski definition) is 1. The highest BCUT2D eigenvalue weighted by Gasteiger charge is 2.12. The number of rotatable bonds is 6. The number of nitrogens with one attached hydrogen (secondary N) is 1. The normalized spacial score (nSPS) is 12.3. The minimum Gasteiger partial charge on any atom is -0.272 e. The molecule has 6 heteroatoms. The Hall–Kier alpha value is -1.49. The Morgan fingerprint density at radius 1 is 1.17 bits per heavy atom. The quantitative estimate of drug-likeness (QED) is 0.591. The second-order valence-electron chi connectivity index (χ2n) is 4.81. The molecule has 0 saturated carbocycles. The van der Waals surface area contributed by atoms with Gasteiger partial charge in [-0.15, -0.1) is 11.8 Å². The van der Waals surface area contributed by atoms with E-state index in [2.05, 4.69) is 10.5 Å². The average Bonchev–Trinajstić information content (AvgIpc) is 2.56. The summed E-state index contributed by atoms with van der Waals surface area (Å²) in [5.74, 6) is 0.612. The fourth-order valence-electron chi connectivity index (χ4n) is 1.76. The number of hydrazone groups is 1. The first-order chi connectivity index (χ1) is 11.1. The van der Waals surface area contributed by atoms with E-state index in [0.717, 1.165) is 5.75 Å². The zero-order chi connectivity index (χ0) is 16.7. The molecule has 3 nitrogen and oxygen atoms in total. The van der Waals surface area contributed by atoms with Crippen LogP contribution in [0.4, 0.5) is 0 Å². The minimum atomic E-state index is -0.214. The van der Waals surface area contributed by atoms with Crippen LogP contribution in [0.5, 0.6) is 0 Å². The second-order valence-corrected chi connectivity index (χ2v) is 6.95. The molecule has 120 valence electrons. The third-order valence-electron chi connectivity index (χ3n) is 3.08. The Labute approximate surface area is 150 Å². The van der Waals surface area contributed by atoms with Crippen molar-refractivity contribution in [2.24, 2.45) is 5.10 Å². The minimum absolute atomic E-state index is 0.162. The number of carbonyl (C=O) groups is 1. The number of halogens is 2. The van der Waals surface area contributed by atoms with Crippen molar-refractivity contribution in [3.63, 3.8) is 0 Å². The summed E-state index contributed by atoms with van der Waals surface area (Å²) >= 11 is 13.6. The molecule has 1 amide bonds. The molecule has 0 aromatic heterocycles. The van der Waals surface area contributed by atoms with Crippen LogP contribution >= 0.6 is 35.0 Å². The molecule has 0 aliphatic carbocycles. The van der Waals surface area contributed by atoms with Gasteiger partial charge in [0.2, 0.25) is 0 Å². The number of benzene rings is 2. The smallest absolute Gasteiger partial charge is 0.252 e. The van der Waals surface area contributed by atoms with Gasteiger partial charge in [0, 0.05) is 11.3 Å². The summed E-state index contributed by atoms with van der Waals surface area (Å²) < 4.78 is 0. The van der Waals surface area contributed by atoms with Crippen molar-refractivity contribution < 1.29 is 4.79 Å². The van der Waals surface area contributed by atoms with Crippen LogP contribution in [-0.2, 0) is 10.5 Å². The Kier molecular flexibility index (Phi) is 6.96. The maximum atomic E-state index is 12.0. The highest BCUT2D eigenvalue weighted by molar-refractivity contribution is 7.99. The van der Waals surface area contributed by atoms with E-state index in [-0.39, 0.29) is 11.2 Å². The molecule has 2 aromatic carbocycles. The molecule has 1 N–H and O–H groups in total. The average molecular weight is 367 g/mol. The van der Waals surface area contributed by atoms with Gasteiger partial charge in [0.25, 0.3) is 5.91 Å². The first-order valence-corrected chi connectivity index (χ1v) is 8.81. The maximum absolute atomic E-state index is 12.0. The molecule has 2 rings (SSSR count). The lowest BCUT2D eigenvalue weighted by atomic mass is 10.2. The summed E-state index contributed by atoms with van der Waals surface area (Å²) in [7, 11) is 0. The van der Waals surface area contributed by atoms with E-state index in [1.807, 2.05) is 37.3 Å². The summed E-state index contributed by atoms with van der Waals surface area (Å²) in [5, 5.41) is 4.69. The number of carbonyl (C=O) groups excluding carboxylic acids is 1. The van der Waals surface area contributed by atoms with Crippen LogP contribution in [0.2, 0.25) is 10.0 Å². The summed E-state index contributed by atoms with van der Waals surface area (Å²) in [6.07, 6.45) is 1.46. The van der Waals surface area contributed by atoms with Gasteiger partial charge in [0.05, 0.1) is 21.5 Å². The third-order valence-corrected chi connectivity index (χ3v) is 4.95. The van der Waals surface area contributed by atoms with E-state index in [0.29, 0.717) is 15.6 Å². The number of hydrogen-bond acceptors (Lipinski definition) is 3. The summed E-state index contributed by atoms with van der Waals surface area (Å²) in [6.45, 7) is 1.85. The van der Waals surface area contributed by atoms with E-state index >= 15 is 0 Å². The van der Waals surface area contributed by atoms with Gasteiger partial charge in [-0.2, -0.15) is 5.10 Å². The fourth-order valence-corrected chi connectivity index (χ4v) is 3.09. The molecular formula is C17H16Cl2N2OS. The highest BCUT2D eigenvalue weighted by Crippen LogP contribution is 2.22. The largest absolute Gasteiger partial charge is 0.272 e. The van der Waals surface area contributed by atoms with E-state index in [4.69, 9.17) is 23.2 Å². The highest BCUT2D eigenvalue weighted by atomic mass is 35.5. The van der Waals surface area contributed by atoms with Gasteiger partial charge in [0.1, 0.15) is 0 Å². The van der Waals surface area contributed by atoms with Crippen molar-refractivity contribution in [3.8, 4) is 0 Å². The zero-order valence-electron chi connectivity index (χ0n) is 12.5. The maximum Gasteiger partial charge on any atom is 0.252 e. The summed E-state index contributed by atoms with van der Waals surface area (Å²) in [4.78, 5) is 12.0. The van der Waals surface area contributed by atoms with E-state index in [1.165, 1.54) is 11.8 Å². The number of amides is 1. The SMILES string of the molecule is CC(SCc1ccccc1)C(=O)NN=Cc1c(Cl)cccc1Cl. The van der Waals surface area contributed by atoms with Crippen LogP contribution in [0.3, 0.4) is 0 Å². The lowest BCUT2D eigenvalue weighted by Gasteiger charge is -2.09. The molecule has 0 fully saturated rings. The lowest BCUT2D eigenvalue weighted by Crippen LogP contribution is -2.27. The number of nitrogens with zero attached hydrogens (tertiary/aromatic N) is 1. The van der Waals surface area contributed by atoms with Crippen LogP contribution in [0.1, 0.15) is 18.1 Å². The predicted molar refractivity (Wildman–Crippen MR) is 99.4 cm³/mol. The van der Waals surface area contributed by atoms with E-state index < -0.39 is 0 Å². The lowest BCUT2D eigenvalue weighted by molar-refractivity contribution is -0.120. The Bertz CT molecular complexity index is 672. The van der Waals surface area contributed by atoms with Gasteiger partial charge in [0.15, 0.2) is 0 Å². The molecule has 0 aliphatic rings.